The summed E-state index contributed by atoms with van der Waals surface area (Å²) in [6.45, 7) is 0. The molecule has 34 heavy (non-hydrogen) atoms. The lowest BCUT2D eigenvalue weighted by molar-refractivity contribution is 0.103. The first-order valence-electron chi connectivity index (χ1n) is 10.4. The number of ketones is 2. The number of carbonyl (C=O) groups excluding carboxylic acids is 2. The summed E-state index contributed by atoms with van der Waals surface area (Å²) in [5.41, 5.74) is 4.72. The Balaban J connectivity index is 0.000000751. The van der Waals surface area contributed by atoms with Gasteiger partial charge in [-0.2, -0.15) is 0 Å². The molecular weight excluding hydrogens is 447 g/mol. The van der Waals surface area contributed by atoms with Crippen LogP contribution >= 0.6 is 8.25 Å². The SMILES string of the molecule is O=C(c1ccccc1)c1ccc(/C=C/c2ccc(C(=O)c3ccccc3)cc2)cc1.O=[PH](O)O. The molecule has 4 rings (SSSR count). The molecule has 0 saturated heterocycles. The van der Waals surface area contributed by atoms with Crippen LogP contribution in [0.4, 0.5) is 0 Å². The zero-order valence-electron chi connectivity index (χ0n) is 18.2. The lowest BCUT2D eigenvalue weighted by Crippen LogP contribution is -2.00. The van der Waals surface area contributed by atoms with E-state index in [1.165, 1.54) is 0 Å². The maximum absolute atomic E-state index is 12.5. The van der Waals surface area contributed by atoms with Gasteiger partial charge in [0.05, 0.1) is 0 Å². The molecule has 0 heterocycles. The highest BCUT2D eigenvalue weighted by Gasteiger charge is 2.08. The van der Waals surface area contributed by atoms with E-state index in [9.17, 15) is 9.59 Å². The number of benzene rings is 4. The van der Waals surface area contributed by atoms with Gasteiger partial charge in [0, 0.05) is 22.3 Å². The Morgan fingerprint density at radius 2 is 0.765 bits per heavy atom. The fourth-order valence-corrected chi connectivity index (χ4v) is 3.20. The smallest absolute Gasteiger partial charge is 0.314 e. The normalized spacial score (nSPS) is 10.6. The fraction of sp³-hybridized carbons (Fsp3) is 0. The van der Waals surface area contributed by atoms with Gasteiger partial charge >= 0.3 is 8.25 Å². The predicted octanol–water partition coefficient (Wildman–Crippen LogP) is 5.68. The maximum atomic E-state index is 12.5. The number of carbonyl (C=O) groups is 2. The van der Waals surface area contributed by atoms with Gasteiger partial charge in [-0.1, -0.05) is 121 Å². The van der Waals surface area contributed by atoms with E-state index in [1.54, 1.807) is 0 Å². The van der Waals surface area contributed by atoms with Crippen molar-refractivity contribution in [3.63, 3.8) is 0 Å². The van der Waals surface area contributed by atoms with E-state index in [0.29, 0.717) is 22.3 Å². The molecule has 4 aromatic rings. The topological polar surface area (TPSA) is 91.7 Å². The van der Waals surface area contributed by atoms with Crippen molar-refractivity contribution < 1.29 is 23.9 Å². The van der Waals surface area contributed by atoms with Crippen molar-refractivity contribution in [1.29, 1.82) is 0 Å². The first-order chi connectivity index (χ1) is 16.4. The van der Waals surface area contributed by atoms with Gasteiger partial charge in [0.15, 0.2) is 11.6 Å². The first kappa shape index (κ1) is 24.7. The summed E-state index contributed by atoms with van der Waals surface area (Å²) in [5, 5.41) is 0. The van der Waals surface area contributed by atoms with Crippen LogP contribution in [-0.2, 0) is 4.57 Å². The van der Waals surface area contributed by atoms with Crippen molar-refractivity contribution in [3.05, 3.63) is 143 Å². The molecule has 0 aliphatic rings. The van der Waals surface area contributed by atoms with E-state index in [1.807, 2.05) is 121 Å². The third-order valence-electron chi connectivity index (χ3n) is 4.89. The van der Waals surface area contributed by atoms with Crippen LogP contribution in [-0.4, -0.2) is 21.4 Å². The number of hydrogen-bond donors (Lipinski definition) is 2. The van der Waals surface area contributed by atoms with E-state index >= 15 is 0 Å². The monoisotopic (exact) mass is 470 g/mol. The van der Waals surface area contributed by atoms with Crippen molar-refractivity contribution in [2.75, 3.05) is 0 Å². The van der Waals surface area contributed by atoms with Crippen LogP contribution in [0.3, 0.4) is 0 Å². The molecular formula is C28H23O5P. The average Bonchev–Trinajstić information content (AvgIpc) is 2.88. The summed E-state index contributed by atoms with van der Waals surface area (Å²) < 4.78 is 8.74. The second-order valence-corrected chi connectivity index (χ2v) is 7.82. The van der Waals surface area contributed by atoms with Crippen molar-refractivity contribution in [3.8, 4) is 0 Å². The van der Waals surface area contributed by atoms with E-state index in [2.05, 4.69) is 0 Å². The number of hydrogen-bond acceptors (Lipinski definition) is 3. The number of rotatable bonds is 6. The van der Waals surface area contributed by atoms with Gasteiger partial charge in [-0.25, -0.2) is 0 Å². The van der Waals surface area contributed by atoms with Gasteiger partial charge in [-0.05, 0) is 11.1 Å². The van der Waals surface area contributed by atoms with Crippen molar-refractivity contribution in [2.45, 2.75) is 0 Å². The highest BCUT2D eigenvalue weighted by atomic mass is 31.1. The molecule has 0 radical (unpaired) electrons. The van der Waals surface area contributed by atoms with Crippen molar-refractivity contribution >= 4 is 32.0 Å². The Morgan fingerprint density at radius 1 is 0.500 bits per heavy atom. The highest BCUT2D eigenvalue weighted by Crippen LogP contribution is 2.15. The molecule has 0 saturated carbocycles. The summed E-state index contributed by atoms with van der Waals surface area (Å²) in [4.78, 5) is 39.3. The quantitative estimate of drug-likeness (QED) is 0.215. The first-order valence-corrected chi connectivity index (χ1v) is 11.7. The molecule has 0 aromatic heterocycles. The molecule has 0 spiro atoms. The van der Waals surface area contributed by atoms with E-state index in [-0.39, 0.29) is 11.6 Å². The minimum atomic E-state index is -3.13. The van der Waals surface area contributed by atoms with Crippen molar-refractivity contribution in [2.24, 2.45) is 0 Å². The molecule has 0 atom stereocenters. The highest BCUT2D eigenvalue weighted by molar-refractivity contribution is 7.30. The zero-order chi connectivity index (χ0) is 24.3. The van der Waals surface area contributed by atoms with E-state index < -0.39 is 8.25 Å². The molecule has 4 aromatic carbocycles. The Hall–Kier alpha value is -3.89. The van der Waals surface area contributed by atoms with Gasteiger partial charge < -0.3 is 9.79 Å². The average molecular weight is 470 g/mol. The molecule has 0 aliphatic carbocycles. The van der Waals surface area contributed by atoms with Gasteiger partial charge in [-0.3, -0.25) is 14.2 Å². The predicted molar refractivity (Wildman–Crippen MR) is 135 cm³/mol. The van der Waals surface area contributed by atoms with Gasteiger partial charge in [0.1, 0.15) is 0 Å². The summed E-state index contributed by atoms with van der Waals surface area (Å²) in [5.74, 6) is 0.0367. The molecule has 5 nitrogen and oxygen atoms in total. The standard InChI is InChI=1S/C28H20O2.H3O3P/c29-27(23-7-3-1-4-8-23)25-17-13-21(14-18-25)11-12-22-15-19-26(20-16-22)28(30)24-9-5-2-6-10-24;1-4(2)3/h1-20H;4H,(H2,1,2,3)/b12-11+;. The minimum absolute atomic E-state index is 0.0183. The Kier molecular flexibility index (Phi) is 9.01. The van der Waals surface area contributed by atoms with Crippen LogP contribution in [0.5, 0.6) is 0 Å². The zero-order valence-corrected chi connectivity index (χ0v) is 19.2. The van der Waals surface area contributed by atoms with E-state index in [4.69, 9.17) is 14.4 Å². The second-order valence-electron chi connectivity index (χ2n) is 7.25. The summed E-state index contributed by atoms with van der Waals surface area (Å²) >= 11 is 0. The van der Waals surface area contributed by atoms with Gasteiger partial charge in [-0.15, -0.1) is 0 Å². The Bertz CT molecular complexity index is 1180. The molecule has 0 aliphatic heterocycles. The molecule has 2 N–H and O–H groups in total. The molecule has 170 valence electrons. The van der Waals surface area contributed by atoms with Crippen LogP contribution < -0.4 is 0 Å². The second kappa shape index (κ2) is 12.4. The summed E-state index contributed by atoms with van der Waals surface area (Å²) in [7, 11) is -3.13. The van der Waals surface area contributed by atoms with Crippen LogP contribution in [0.25, 0.3) is 12.2 Å². The molecule has 0 amide bonds. The maximum Gasteiger partial charge on any atom is 0.314 e. The summed E-state index contributed by atoms with van der Waals surface area (Å²) in [6, 6.07) is 33.6. The summed E-state index contributed by atoms with van der Waals surface area (Å²) in [6.07, 6.45) is 3.98. The fourth-order valence-electron chi connectivity index (χ4n) is 3.20. The van der Waals surface area contributed by atoms with Crippen LogP contribution in [0, 0.1) is 0 Å². The third-order valence-corrected chi connectivity index (χ3v) is 4.89. The van der Waals surface area contributed by atoms with Crippen LogP contribution in [0.2, 0.25) is 0 Å². The van der Waals surface area contributed by atoms with Crippen LogP contribution in [0.15, 0.2) is 109 Å². The van der Waals surface area contributed by atoms with Crippen LogP contribution in [0.1, 0.15) is 43.0 Å². The lowest BCUT2D eigenvalue weighted by atomic mass is 10.0. The molecule has 6 heteroatoms. The third kappa shape index (κ3) is 7.32. The minimum Gasteiger partial charge on any atom is -0.326 e. The largest absolute Gasteiger partial charge is 0.326 e. The van der Waals surface area contributed by atoms with Gasteiger partial charge in [0.25, 0.3) is 0 Å². The lowest BCUT2D eigenvalue weighted by Gasteiger charge is -2.03. The Morgan fingerprint density at radius 3 is 1.06 bits per heavy atom. The van der Waals surface area contributed by atoms with Gasteiger partial charge in [0.2, 0.25) is 0 Å². The van der Waals surface area contributed by atoms with E-state index in [0.717, 1.165) is 11.1 Å². The molecule has 0 unspecified atom stereocenters. The van der Waals surface area contributed by atoms with Crippen molar-refractivity contribution in [1.82, 2.24) is 0 Å². The molecule has 0 fully saturated rings. The Labute approximate surface area is 198 Å². The molecule has 0 bridgehead atoms.